The lowest BCUT2D eigenvalue weighted by atomic mass is 10.1. The Morgan fingerprint density at radius 1 is 1.17 bits per heavy atom. The molecule has 1 N–H and O–H groups in total. The summed E-state index contributed by atoms with van der Waals surface area (Å²) < 4.78 is 12.2. The molecule has 7 nitrogen and oxygen atoms in total. The molecule has 0 aliphatic heterocycles. The van der Waals surface area contributed by atoms with Crippen LogP contribution in [-0.4, -0.2) is 41.6 Å². The average molecular weight is 408 g/mol. The Kier molecular flexibility index (Phi) is 6.64. The van der Waals surface area contributed by atoms with Crippen LogP contribution in [0, 0.1) is 13.8 Å². The van der Waals surface area contributed by atoms with E-state index in [9.17, 15) is 14.4 Å². The third-order valence-electron chi connectivity index (χ3n) is 4.92. The normalized spacial score (nSPS) is 11.3. The van der Waals surface area contributed by atoms with Gasteiger partial charge in [0.15, 0.2) is 6.61 Å². The van der Waals surface area contributed by atoms with E-state index in [0.717, 1.165) is 28.4 Å². The van der Waals surface area contributed by atoms with Crippen LogP contribution in [0.4, 0.5) is 0 Å². The first-order valence-electron chi connectivity index (χ1n) is 9.56. The first-order valence-corrected chi connectivity index (χ1v) is 9.56. The van der Waals surface area contributed by atoms with E-state index < -0.39 is 5.97 Å². The summed E-state index contributed by atoms with van der Waals surface area (Å²) in [4.78, 5) is 39.4. The van der Waals surface area contributed by atoms with Crippen LogP contribution in [-0.2, 0) is 20.8 Å². The van der Waals surface area contributed by atoms with Crippen molar-refractivity contribution in [3.63, 3.8) is 0 Å². The number of Topliss-reactive ketones (excluding diaryl/α,β-unsaturated/α-hetero) is 1. The van der Waals surface area contributed by atoms with Crippen LogP contribution < -0.4 is 5.56 Å². The molecule has 156 valence electrons. The number of ketones is 1. The lowest BCUT2D eigenvalue weighted by Crippen LogP contribution is -2.14. The van der Waals surface area contributed by atoms with Crippen molar-refractivity contribution in [1.82, 2.24) is 9.55 Å². The van der Waals surface area contributed by atoms with E-state index in [1.807, 2.05) is 36.6 Å². The highest BCUT2D eigenvalue weighted by molar-refractivity contribution is 6.00. The number of nitrogens with zero attached hydrogens (tertiary/aromatic N) is 1. The lowest BCUT2D eigenvalue weighted by molar-refractivity contribution is -0.136. The van der Waals surface area contributed by atoms with Crippen molar-refractivity contribution in [2.45, 2.75) is 20.4 Å². The lowest BCUT2D eigenvalue weighted by Gasteiger charge is -2.08. The third kappa shape index (κ3) is 4.75. The van der Waals surface area contributed by atoms with Gasteiger partial charge in [0.2, 0.25) is 5.78 Å². The second kappa shape index (κ2) is 9.37. The molecule has 0 unspecified atom stereocenters. The summed E-state index contributed by atoms with van der Waals surface area (Å²) >= 11 is 0. The van der Waals surface area contributed by atoms with Crippen molar-refractivity contribution in [2.24, 2.45) is 0 Å². The minimum atomic E-state index is -0.691. The van der Waals surface area contributed by atoms with Gasteiger partial charge in [0.1, 0.15) is 0 Å². The number of H-pyrrole nitrogens is 1. The number of ether oxygens (including phenoxy) is 2. The zero-order valence-electron chi connectivity index (χ0n) is 17.2. The Morgan fingerprint density at radius 2 is 1.93 bits per heavy atom. The smallest absolute Gasteiger partial charge is 0.331 e. The number of aromatic amines is 1. The van der Waals surface area contributed by atoms with Crippen molar-refractivity contribution in [2.75, 3.05) is 20.3 Å². The van der Waals surface area contributed by atoms with Crippen molar-refractivity contribution in [3.05, 3.63) is 75.3 Å². The highest BCUT2D eigenvalue weighted by atomic mass is 16.5. The number of para-hydroxylation sites is 1. The molecule has 0 aliphatic carbocycles. The number of carbonyl (C=O) groups is 2. The van der Waals surface area contributed by atoms with Crippen LogP contribution in [0.2, 0.25) is 0 Å². The van der Waals surface area contributed by atoms with Gasteiger partial charge in [-0.3, -0.25) is 9.59 Å². The van der Waals surface area contributed by atoms with Crippen LogP contribution in [0.25, 0.3) is 17.0 Å². The van der Waals surface area contributed by atoms with Crippen molar-refractivity contribution < 1.29 is 19.1 Å². The predicted molar refractivity (Wildman–Crippen MR) is 115 cm³/mol. The van der Waals surface area contributed by atoms with Crippen LogP contribution in [0.15, 0.2) is 47.3 Å². The van der Waals surface area contributed by atoms with Gasteiger partial charge in [0, 0.05) is 47.8 Å². The first kappa shape index (κ1) is 21.3. The molecule has 2 heterocycles. The van der Waals surface area contributed by atoms with Gasteiger partial charge < -0.3 is 19.0 Å². The minimum absolute atomic E-state index is 0.280. The third-order valence-corrected chi connectivity index (χ3v) is 4.92. The monoisotopic (exact) mass is 408 g/mol. The number of fused-ring (bicyclic) bond motifs is 1. The summed E-state index contributed by atoms with van der Waals surface area (Å²) in [5, 5.41) is 0.851. The molecule has 0 atom stereocenters. The second-order valence-corrected chi connectivity index (χ2v) is 6.93. The van der Waals surface area contributed by atoms with Crippen LogP contribution >= 0.6 is 0 Å². The van der Waals surface area contributed by atoms with E-state index in [2.05, 4.69) is 4.98 Å². The summed E-state index contributed by atoms with van der Waals surface area (Å²) in [5.41, 5.74) is 3.01. The van der Waals surface area contributed by atoms with Gasteiger partial charge in [0.05, 0.1) is 6.61 Å². The quantitative estimate of drug-likeness (QED) is 0.352. The molecular formula is C23H24N2O5. The van der Waals surface area contributed by atoms with Crippen LogP contribution in [0.1, 0.15) is 27.3 Å². The van der Waals surface area contributed by atoms with Gasteiger partial charge in [-0.2, -0.15) is 0 Å². The first-order chi connectivity index (χ1) is 14.4. The van der Waals surface area contributed by atoms with Crippen LogP contribution in [0.5, 0.6) is 0 Å². The van der Waals surface area contributed by atoms with Gasteiger partial charge in [0.25, 0.3) is 5.56 Å². The van der Waals surface area contributed by atoms with E-state index in [1.165, 1.54) is 6.08 Å². The van der Waals surface area contributed by atoms with Crippen molar-refractivity contribution in [1.29, 1.82) is 0 Å². The van der Waals surface area contributed by atoms with Gasteiger partial charge in [-0.1, -0.05) is 18.2 Å². The van der Waals surface area contributed by atoms with Gasteiger partial charge >= 0.3 is 5.97 Å². The maximum absolute atomic E-state index is 12.5. The van der Waals surface area contributed by atoms with Gasteiger partial charge in [-0.05, 0) is 43.5 Å². The van der Waals surface area contributed by atoms with E-state index in [0.29, 0.717) is 24.3 Å². The second-order valence-electron chi connectivity index (χ2n) is 6.93. The maximum atomic E-state index is 12.5. The number of aromatic nitrogens is 2. The molecule has 0 bridgehead atoms. The summed E-state index contributed by atoms with van der Waals surface area (Å²) in [6, 6.07) is 10.8. The molecule has 3 rings (SSSR count). The van der Waals surface area contributed by atoms with Crippen LogP contribution in [0.3, 0.4) is 0 Å². The molecule has 0 radical (unpaired) electrons. The Balaban J connectivity index is 1.64. The topological polar surface area (TPSA) is 90.4 Å². The molecule has 0 saturated carbocycles. The number of esters is 1. The summed E-state index contributed by atoms with van der Waals surface area (Å²) in [6.45, 7) is 4.58. The van der Waals surface area contributed by atoms with E-state index in [-0.39, 0.29) is 17.9 Å². The number of carbonyl (C=O) groups excluding carboxylic acids is 2. The highest BCUT2D eigenvalue weighted by Gasteiger charge is 2.16. The summed E-state index contributed by atoms with van der Waals surface area (Å²) in [7, 11) is 1.62. The molecule has 30 heavy (non-hydrogen) atoms. The van der Waals surface area contributed by atoms with E-state index >= 15 is 0 Å². The molecule has 0 fully saturated rings. The largest absolute Gasteiger partial charge is 0.454 e. The molecule has 0 amide bonds. The Labute approximate surface area is 173 Å². The molecule has 3 aromatic rings. The predicted octanol–water partition coefficient (Wildman–Crippen LogP) is 3.03. The fourth-order valence-electron chi connectivity index (χ4n) is 3.32. The number of hydrogen-bond acceptors (Lipinski definition) is 5. The highest BCUT2D eigenvalue weighted by Crippen LogP contribution is 2.16. The molecule has 0 saturated heterocycles. The SMILES string of the molecule is COCCn1c(C)cc(C(=O)COC(=O)/C=C/c2cc3ccccc3[nH]c2=O)c1C. The Bertz CT molecular complexity index is 1170. The molecular weight excluding hydrogens is 384 g/mol. The molecule has 1 aromatic carbocycles. The summed E-state index contributed by atoms with van der Waals surface area (Å²) in [6.07, 6.45) is 2.53. The fourth-order valence-corrected chi connectivity index (χ4v) is 3.32. The van der Waals surface area contributed by atoms with Crippen molar-refractivity contribution in [3.8, 4) is 0 Å². The number of benzene rings is 1. The molecule has 2 aromatic heterocycles. The number of rotatable bonds is 8. The molecule has 7 heteroatoms. The Hall–Kier alpha value is -3.45. The number of nitrogens with one attached hydrogen (secondary N) is 1. The fraction of sp³-hybridized carbons (Fsp3) is 0.261. The maximum Gasteiger partial charge on any atom is 0.331 e. The van der Waals surface area contributed by atoms with E-state index in [4.69, 9.17) is 9.47 Å². The number of methoxy groups -OCH3 is 1. The van der Waals surface area contributed by atoms with Crippen molar-refractivity contribution >= 4 is 28.7 Å². The number of hydrogen-bond donors (Lipinski definition) is 1. The average Bonchev–Trinajstić information content (AvgIpc) is 3.02. The zero-order valence-corrected chi connectivity index (χ0v) is 17.2. The van der Waals surface area contributed by atoms with Gasteiger partial charge in [-0.15, -0.1) is 0 Å². The van der Waals surface area contributed by atoms with E-state index in [1.54, 1.807) is 25.3 Å². The van der Waals surface area contributed by atoms with Gasteiger partial charge in [-0.25, -0.2) is 4.79 Å². The number of pyridine rings is 1. The standard InChI is InChI=1S/C23H24N2O5/c1-15-12-19(16(2)25(15)10-11-29-3)21(26)14-30-22(27)9-8-18-13-17-6-4-5-7-20(17)24-23(18)28/h4-9,12-13H,10-11,14H2,1-3H3,(H,24,28)/b9-8+. The molecule has 0 spiro atoms. The summed E-state index contributed by atoms with van der Waals surface area (Å²) in [5.74, 6) is -0.971. The zero-order chi connectivity index (χ0) is 21.7. The minimum Gasteiger partial charge on any atom is -0.454 e. The molecule has 0 aliphatic rings. The Morgan fingerprint density at radius 3 is 2.70 bits per heavy atom. The number of aryl methyl sites for hydroxylation is 1.